The average Bonchev–Trinajstić information content (AvgIpc) is 4.21. The van der Waals surface area contributed by atoms with Crippen LogP contribution in [0.5, 0.6) is 0 Å². The van der Waals surface area contributed by atoms with Gasteiger partial charge in [-0.25, -0.2) is 18.0 Å². The largest absolute Gasteiger partial charge is 0.462 e. The van der Waals surface area contributed by atoms with Crippen molar-refractivity contribution in [2.45, 2.75) is 195 Å². The first kappa shape index (κ1) is 65.2. The summed E-state index contributed by atoms with van der Waals surface area (Å²) in [5, 5.41) is 3.41. The van der Waals surface area contributed by atoms with Crippen molar-refractivity contribution in [1.29, 1.82) is 0 Å². The molecule has 3 saturated heterocycles. The molecule has 3 aliphatic rings. The Morgan fingerprint density at radius 2 is 1.33 bits per heavy atom. The monoisotopic (exact) mass is 1300 g/mol. The third-order valence-electron chi connectivity index (χ3n) is 18.8. The van der Waals surface area contributed by atoms with E-state index in [4.69, 9.17) is 43.9 Å². The summed E-state index contributed by atoms with van der Waals surface area (Å²) >= 11 is 2.43. The third kappa shape index (κ3) is 15.5. The Labute approximate surface area is 510 Å². The van der Waals surface area contributed by atoms with Crippen LogP contribution in [0.3, 0.4) is 0 Å². The summed E-state index contributed by atoms with van der Waals surface area (Å²) in [5.74, 6) is -1.95. The zero-order chi connectivity index (χ0) is 60.1. The number of hydrogen-bond acceptors (Lipinski definition) is 12. The molecule has 11 atom stereocenters. The summed E-state index contributed by atoms with van der Waals surface area (Å²) in [6.07, 6.45) is 1.39. The molecule has 3 fully saturated rings. The summed E-state index contributed by atoms with van der Waals surface area (Å²) in [6, 6.07) is 35.4. The second-order valence-electron chi connectivity index (χ2n) is 26.6. The number of fused-ring (bicyclic) bond motifs is 3. The highest BCUT2D eigenvalue weighted by Gasteiger charge is 2.54. The molecule has 12 nitrogen and oxygen atoms in total. The summed E-state index contributed by atoms with van der Waals surface area (Å²) in [7, 11) is -6.86. The van der Waals surface area contributed by atoms with Crippen LogP contribution < -0.4 is 0 Å². The van der Waals surface area contributed by atoms with Crippen LogP contribution in [0, 0.1) is 11.8 Å². The van der Waals surface area contributed by atoms with E-state index in [2.05, 4.69) is 97.2 Å². The Balaban J connectivity index is 1.03. The maximum Gasteiger partial charge on any atom is 0.339 e. The van der Waals surface area contributed by atoms with E-state index in [1.54, 1.807) is 43.5 Å². The first-order valence-corrected chi connectivity index (χ1v) is 38.8. The predicted octanol–water partition coefficient (Wildman–Crippen LogP) is 15.3. The van der Waals surface area contributed by atoms with E-state index in [1.807, 2.05) is 78.9 Å². The van der Waals surface area contributed by atoms with Crippen molar-refractivity contribution in [2.24, 2.45) is 11.8 Å². The Morgan fingerprint density at radius 1 is 0.735 bits per heavy atom. The Bertz CT molecular complexity index is 3130. The highest BCUT2D eigenvalue weighted by atomic mass is 127. The van der Waals surface area contributed by atoms with Crippen LogP contribution in [0.1, 0.15) is 121 Å². The molecule has 452 valence electrons. The van der Waals surface area contributed by atoms with Gasteiger partial charge in [-0.3, -0.25) is 0 Å². The number of benzene rings is 5. The van der Waals surface area contributed by atoms with Gasteiger partial charge in [-0.15, -0.1) is 0 Å². The van der Waals surface area contributed by atoms with Crippen LogP contribution in [-0.2, 0) is 47.1 Å². The van der Waals surface area contributed by atoms with E-state index in [0.29, 0.717) is 49.2 Å². The molecule has 0 saturated carbocycles. The van der Waals surface area contributed by atoms with Crippen molar-refractivity contribution >= 4 is 82.5 Å². The molecule has 0 amide bonds. The number of halogens is 1. The number of hydrogen-bond donors (Lipinski definition) is 0. The van der Waals surface area contributed by atoms with E-state index in [-0.39, 0.29) is 63.4 Å². The minimum Gasteiger partial charge on any atom is -0.462 e. The second-order valence-corrected chi connectivity index (χ2v) is 39.0. The summed E-state index contributed by atoms with van der Waals surface area (Å²) in [4.78, 5) is 28.2. The first-order chi connectivity index (χ1) is 39.2. The highest BCUT2D eigenvalue weighted by molar-refractivity contribution is 14.1. The van der Waals surface area contributed by atoms with Gasteiger partial charge in [-0.1, -0.05) is 169 Å². The lowest BCUT2D eigenvalue weighted by atomic mass is 9.83. The van der Waals surface area contributed by atoms with Gasteiger partial charge in [-0.05, 0) is 126 Å². The van der Waals surface area contributed by atoms with Crippen LogP contribution in [0.4, 0.5) is 0 Å². The standard InChI is InChI=1S/C67H91IO12SSi2/c1-45(38-49-35-36-61-67(44-68,79-49)41-50(76-61)28-23-37-74-63(69)55-33-21-26-47-24-17-19-31-53(47)55)46(2)58(78-64(70)56-34-22-27-48-25-18-20-32-54(48)56)40-59-57(43-81(71,72)52-29-15-14-16-30-52)62(73-9)60(77-59)39-51(80-83(12,13)66(6,7)8)42-75-82(10,11)65(3,4)5/h14-22,24-27,29-34,45,49-51,57-62H,2,23,28,35-44H2,1,3-13H3/t45-,49?,50+,51?,57+,58-,59+,60-,61+,62-,67-/m1/s1. The molecule has 0 aliphatic carbocycles. The number of carbonyl (C=O) groups excluding carboxylic acids is 2. The quantitative estimate of drug-likeness (QED) is 0.0137. The van der Waals surface area contributed by atoms with Crippen LogP contribution >= 0.6 is 22.6 Å². The minimum atomic E-state index is -3.88. The second kappa shape index (κ2) is 27.1. The van der Waals surface area contributed by atoms with Gasteiger partial charge in [0.05, 0.1) is 77.7 Å². The van der Waals surface area contributed by atoms with E-state index >= 15 is 0 Å². The normalized spacial score (nSPS) is 24.5. The molecule has 5 aromatic carbocycles. The Hall–Kier alpha value is -3.83. The lowest BCUT2D eigenvalue weighted by Crippen LogP contribution is -2.50. The maximum absolute atomic E-state index is 14.8. The fourth-order valence-electron chi connectivity index (χ4n) is 11.9. The topological polar surface area (TPSA) is 142 Å². The fourth-order valence-corrected chi connectivity index (χ4v) is 16.9. The molecular formula is C67H91IO12SSi2. The Morgan fingerprint density at radius 3 is 1.93 bits per heavy atom. The molecule has 0 aromatic heterocycles. The van der Waals surface area contributed by atoms with E-state index < -0.39 is 68.4 Å². The van der Waals surface area contributed by atoms with E-state index in [0.717, 1.165) is 51.7 Å². The number of esters is 2. The van der Waals surface area contributed by atoms with Crippen molar-refractivity contribution < 1.29 is 55.3 Å². The molecule has 8 rings (SSSR count). The van der Waals surface area contributed by atoms with Gasteiger partial charge in [0.2, 0.25) is 0 Å². The van der Waals surface area contributed by atoms with Crippen molar-refractivity contribution in [2.75, 3.05) is 30.5 Å². The highest BCUT2D eigenvalue weighted by Crippen LogP contribution is 2.47. The molecule has 0 N–H and O–H groups in total. The average molecular weight is 1300 g/mol. The molecular weight excluding hydrogens is 1210 g/mol. The van der Waals surface area contributed by atoms with Gasteiger partial charge >= 0.3 is 11.9 Å². The van der Waals surface area contributed by atoms with Gasteiger partial charge in [0, 0.05) is 36.7 Å². The smallest absolute Gasteiger partial charge is 0.339 e. The maximum atomic E-state index is 14.8. The van der Waals surface area contributed by atoms with Gasteiger partial charge < -0.3 is 37.3 Å². The first-order valence-electron chi connectivity index (χ1n) is 29.8. The number of rotatable bonds is 25. The predicted molar refractivity (Wildman–Crippen MR) is 344 cm³/mol. The summed E-state index contributed by atoms with van der Waals surface area (Å²) < 4.78 is 84.2. The number of sulfone groups is 1. The van der Waals surface area contributed by atoms with Crippen molar-refractivity contribution in [3.8, 4) is 0 Å². The van der Waals surface area contributed by atoms with Gasteiger partial charge in [-0.2, -0.15) is 0 Å². The summed E-state index contributed by atoms with van der Waals surface area (Å²) in [6.45, 7) is 29.8. The van der Waals surface area contributed by atoms with Crippen molar-refractivity contribution in [1.82, 2.24) is 0 Å². The van der Waals surface area contributed by atoms with Crippen molar-refractivity contribution in [3.05, 3.63) is 139 Å². The molecule has 0 radical (unpaired) electrons. The van der Waals surface area contributed by atoms with Crippen LogP contribution in [0.25, 0.3) is 21.5 Å². The number of alkyl halides is 1. The summed E-state index contributed by atoms with van der Waals surface area (Å²) in [5.41, 5.74) is 1.19. The lowest BCUT2D eigenvalue weighted by molar-refractivity contribution is -0.155. The number of carbonyl (C=O) groups is 2. The van der Waals surface area contributed by atoms with Gasteiger partial charge in [0.1, 0.15) is 11.7 Å². The number of ether oxygens (including phenoxy) is 6. The fraction of sp³-hybridized carbons (Fsp3) is 0.552. The van der Waals surface area contributed by atoms with Crippen LogP contribution in [0.15, 0.2) is 132 Å². The third-order valence-corrected chi connectivity index (χ3v) is 30.9. The minimum absolute atomic E-state index is 0.0371. The molecule has 3 heterocycles. The molecule has 16 heteroatoms. The molecule has 0 spiro atoms. The van der Waals surface area contributed by atoms with Crippen LogP contribution in [-0.4, -0.2) is 122 Å². The lowest BCUT2D eigenvalue weighted by Gasteiger charge is -2.42. The Kier molecular flexibility index (Phi) is 21.2. The molecule has 3 aliphatic heterocycles. The zero-order valence-corrected chi connectivity index (χ0v) is 56.1. The molecule has 83 heavy (non-hydrogen) atoms. The molecule has 5 aromatic rings. The zero-order valence-electron chi connectivity index (χ0n) is 51.1. The molecule has 2 unspecified atom stereocenters. The SMILES string of the molecule is C=C([C@H](C)CC1CC[C@@H]2O[C@@H](CCCOC(=O)c3cccc4ccccc34)C[C@]2(CI)O1)[C@@H](C[C@@H]1O[C@H](CC(CO[Si](C)(C)C(C)(C)C)O[Si](C)(C)C(C)(C)C)[C@H](OC)[C@H]1CS(=O)(=O)c1ccccc1)OC(=O)c1cccc2ccccc12. The van der Waals surface area contributed by atoms with Crippen molar-refractivity contribution in [3.63, 3.8) is 0 Å². The van der Waals surface area contributed by atoms with Crippen LogP contribution in [0.2, 0.25) is 36.3 Å². The van der Waals surface area contributed by atoms with Gasteiger partial charge in [0.25, 0.3) is 0 Å². The molecule has 0 bridgehead atoms. The van der Waals surface area contributed by atoms with Gasteiger partial charge in [0.15, 0.2) is 26.5 Å². The van der Waals surface area contributed by atoms with E-state index in [1.165, 1.54) is 0 Å². The number of methoxy groups -OCH3 is 1. The van der Waals surface area contributed by atoms with E-state index in [9.17, 15) is 18.0 Å².